The van der Waals surface area contributed by atoms with Crippen LogP contribution in [0.1, 0.15) is 86.0 Å². The van der Waals surface area contributed by atoms with Crippen LogP contribution in [-0.2, 0) is 14.3 Å². The maximum Gasteiger partial charge on any atom is 0.323 e. The highest BCUT2D eigenvalue weighted by Gasteiger charge is 2.60. The SMILES string of the molecule is CC(C)[C@H](N)C(=O)O[C@@H](C)C1CCC2C3CCC4=CC(=O)CC[C@]4(C)C3CC[C@@]21C. The first-order valence-corrected chi connectivity index (χ1v) is 12.3. The van der Waals surface area contributed by atoms with Gasteiger partial charge in [0.2, 0.25) is 0 Å². The van der Waals surface area contributed by atoms with Crippen LogP contribution in [0.25, 0.3) is 0 Å². The molecular weight excluding hydrogens is 374 g/mol. The van der Waals surface area contributed by atoms with Crippen LogP contribution in [0.5, 0.6) is 0 Å². The first kappa shape index (κ1) is 22.0. The fourth-order valence-corrected chi connectivity index (χ4v) is 7.99. The molecule has 4 aliphatic carbocycles. The first-order valence-electron chi connectivity index (χ1n) is 12.3. The number of ketones is 1. The van der Waals surface area contributed by atoms with Gasteiger partial charge < -0.3 is 10.5 Å². The van der Waals surface area contributed by atoms with Gasteiger partial charge in [-0.05, 0) is 92.4 Å². The van der Waals surface area contributed by atoms with Crippen molar-refractivity contribution in [2.45, 2.75) is 98.1 Å². The molecule has 4 heteroatoms. The van der Waals surface area contributed by atoms with Gasteiger partial charge in [-0.25, -0.2) is 0 Å². The summed E-state index contributed by atoms with van der Waals surface area (Å²) in [6, 6.07) is -0.536. The molecule has 4 rings (SSSR count). The minimum absolute atomic E-state index is 0.0733. The number of fused-ring (bicyclic) bond motifs is 5. The van der Waals surface area contributed by atoms with Crippen molar-refractivity contribution >= 4 is 11.8 Å². The summed E-state index contributed by atoms with van der Waals surface area (Å²) >= 11 is 0. The van der Waals surface area contributed by atoms with Crippen molar-refractivity contribution in [3.8, 4) is 0 Å². The van der Waals surface area contributed by atoms with Crippen LogP contribution in [0, 0.1) is 40.4 Å². The molecule has 168 valence electrons. The Bertz CT molecular complexity index is 743. The van der Waals surface area contributed by atoms with Crippen LogP contribution in [0.3, 0.4) is 0 Å². The molecule has 0 aliphatic heterocycles. The maximum absolute atomic E-state index is 12.5. The molecule has 30 heavy (non-hydrogen) atoms. The number of nitrogens with two attached hydrogens (primary N) is 1. The van der Waals surface area contributed by atoms with Gasteiger partial charge in [-0.2, -0.15) is 0 Å². The lowest BCUT2D eigenvalue weighted by Gasteiger charge is -2.58. The number of carbonyl (C=O) groups is 2. The molecule has 8 atom stereocenters. The molecule has 0 radical (unpaired) electrons. The summed E-state index contributed by atoms with van der Waals surface area (Å²) in [4.78, 5) is 24.5. The summed E-state index contributed by atoms with van der Waals surface area (Å²) in [6.07, 6.45) is 10.8. The Morgan fingerprint density at radius 3 is 2.50 bits per heavy atom. The fraction of sp³-hybridized carbons (Fsp3) is 0.846. The van der Waals surface area contributed by atoms with Crippen molar-refractivity contribution in [1.82, 2.24) is 0 Å². The van der Waals surface area contributed by atoms with Crippen LogP contribution < -0.4 is 5.73 Å². The number of carbonyl (C=O) groups excluding carboxylic acids is 2. The van der Waals surface area contributed by atoms with Gasteiger partial charge >= 0.3 is 5.97 Å². The zero-order valence-corrected chi connectivity index (χ0v) is 19.6. The number of esters is 1. The van der Waals surface area contributed by atoms with Crippen molar-refractivity contribution in [1.29, 1.82) is 0 Å². The summed E-state index contributed by atoms with van der Waals surface area (Å²) < 4.78 is 5.91. The number of rotatable bonds is 4. The largest absolute Gasteiger partial charge is 0.461 e. The third kappa shape index (κ3) is 3.38. The van der Waals surface area contributed by atoms with Crippen molar-refractivity contribution in [3.63, 3.8) is 0 Å². The molecule has 3 fully saturated rings. The van der Waals surface area contributed by atoms with E-state index in [9.17, 15) is 9.59 Å². The van der Waals surface area contributed by atoms with Crippen LogP contribution in [0.4, 0.5) is 0 Å². The number of hydrogen-bond donors (Lipinski definition) is 1. The quantitative estimate of drug-likeness (QED) is 0.652. The Balaban J connectivity index is 1.51. The van der Waals surface area contributed by atoms with Crippen molar-refractivity contribution < 1.29 is 14.3 Å². The topological polar surface area (TPSA) is 69.4 Å². The number of ether oxygens (including phenoxy) is 1. The van der Waals surface area contributed by atoms with Crippen LogP contribution in [0.15, 0.2) is 11.6 Å². The minimum atomic E-state index is -0.536. The molecule has 0 amide bonds. The Morgan fingerprint density at radius 1 is 1.07 bits per heavy atom. The van der Waals surface area contributed by atoms with E-state index in [0.717, 1.165) is 31.6 Å². The first-order chi connectivity index (χ1) is 14.1. The Labute approximate surface area is 182 Å². The summed E-state index contributed by atoms with van der Waals surface area (Å²) in [5.74, 6) is 2.75. The molecule has 4 nitrogen and oxygen atoms in total. The monoisotopic (exact) mass is 415 g/mol. The van der Waals surface area contributed by atoms with E-state index in [-0.39, 0.29) is 28.8 Å². The zero-order chi connectivity index (χ0) is 21.8. The Kier molecular flexibility index (Phi) is 5.70. The predicted molar refractivity (Wildman–Crippen MR) is 119 cm³/mol. The van der Waals surface area contributed by atoms with E-state index in [0.29, 0.717) is 23.5 Å². The highest BCUT2D eigenvalue weighted by molar-refractivity contribution is 5.91. The van der Waals surface area contributed by atoms with Gasteiger partial charge in [0.1, 0.15) is 12.1 Å². The van der Waals surface area contributed by atoms with E-state index >= 15 is 0 Å². The molecule has 0 aromatic heterocycles. The Hall–Kier alpha value is -1.16. The molecule has 2 N–H and O–H groups in total. The van der Waals surface area contributed by atoms with Crippen LogP contribution >= 0.6 is 0 Å². The molecule has 3 saturated carbocycles. The van der Waals surface area contributed by atoms with E-state index < -0.39 is 6.04 Å². The lowest BCUT2D eigenvalue weighted by Crippen LogP contribution is -2.51. The van der Waals surface area contributed by atoms with Gasteiger partial charge in [-0.3, -0.25) is 9.59 Å². The molecule has 0 spiro atoms. The van der Waals surface area contributed by atoms with E-state index in [1.165, 1.54) is 31.3 Å². The van der Waals surface area contributed by atoms with Crippen LogP contribution in [-0.4, -0.2) is 23.9 Å². The average Bonchev–Trinajstić information content (AvgIpc) is 3.05. The van der Waals surface area contributed by atoms with E-state index in [1.807, 2.05) is 19.9 Å². The number of hydrogen-bond acceptors (Lipinski definition) is 4. The molecule has 0 aromatic rings. The smallest absolute Gasteiger partial charge is 0.323 e. The van der Waals surface area contributed by atoms with Crippen molar-refractivity contribution in [2.75, 3.05) is 0 Å². The molecule has 0 bridgehead atoms. The van der Waals surface area contributed by atoms with Gasteiger partial charge in [-0.1, -0.05) is 33.3 Å². The second kappa shape index (κ2) is 7.76. The molecule has 4 unspecified atom stereocenters. The molecular formula is C26H41NO3. The van der Waals surface area contributed by atoms with E-state index in [2.05, 4.69) is 20.8 Å². The lowest BCUT2D eigenvalue weighted by atomic mass is 9.46. The number of allylic oxidation sites excluding steroid dienone is 1. The summed E-state index contributed by atoms with van der Waals surface area (Å²) in [5.41, 5.74) is 7.94. The average molecular weight is 416 g/mol. The molecule has 0 heterocycles. The normalized spacial score (nSPS) is 42.6. The molecule has 0 saturated heterocycles. The zero-order valence-electron chi connectivity index (χ0n) is 19.6. The summed E-state index contributed by atoms with van der Waals surface area (Å²) in [7, 11) is 0. The Morgan fingerprint density at radius 2 is 1.80 bits per heavy atom. The maximum atomic E-state index is 12.5. The summed E-state index contributed by atoms with van der Waals surface area (Å²) in [6.45, 7) is 10.9. The van der Waals surface area contributed by atoms with Crippen LogP contribution in [0.2, 0.25) is 0 Å². The standard InChI is InChI=1S/C26H41NO3/c1-15(2)23(27)24(29)30-16(3)20-8-9-21-19-7-6-17-14-18(28)10-12-25(17,4)22(19)11-13-26(20,21)5/h14-16,19-23H,6-13,27H2,1-5H3/t16-,19?,20?,21?,22?,23-,25-,26+/m0/s1. The van der Waals surface area contributed by atoms with Gasteiger partial charge in [0.05, 0.1) is 0 Å². The van der Waals surface area contributed by atoms with E-state index in [4.69, 9.17) is 10.5 Å². The predicted octanol–water partition coefficient (Wildman–Crippen LogP) is 5.05. The third-order valence-electron chi connectivity index (χ3n) is 9.89. The fourth-order valence-electron chi connectivity index (χ4n) is 7.99. The van der Waals surface area contributed by atoms with Crippen molar-refractivity contribution in [2.24, 2.45) is 46.2 Å². The summed E-state index contributed by atoms with van der Waals surface area (Å²) in [5, 5.41) is 0. The van der Waals surface area contributed by atoms with Gasteiger partial charge in [0.25, 0.3) is 0 Å². The lowest BCUT2D eigenvalue weighted by molar-refractivity contribution is -0.157. The van der Waals surface area contributed by atoms with Gasteiger partial charge in [0, 0.05) is 12.3 Å². The second-order valence-corrected chi connectivity index (χ2v) is 11.6. The highest BCUT2D eigenvalue weighted by Crippen LogP contribution is 2.67. The van der Waals surface area contributed by atoms with Gasteiger partial charge in [-0.15, -0.1) is 0 Å². The minimum Gasteiger partial charge on any atom is -0.461 e. The molecule has 0 aromatic carbocycles. The third-order valence-corrected chi connectivity index (χ3v) is 9.89. The second-order valence-electron chi connectivity index (χ2n) is 11.6. The van der Waals surface area contributed by atoms with E-state index in [1.54, 1.807) is 0 Å². The molecule has 4 aliphatic rings. The van der Waals surface area contributed by atoms with Gasteiger partial charge in [0.15, 0.2) is 5.78 Å². The van der Waals surface area contributed by atoms with Crippen molar-refractivity contribution in [3.05, 3.63) is 11.6 Å². The highest BCUT2D eigenvalue weighted by atomic mass is 16.5.